The smallest absolute Gasteiger partial charge is 0.422 e. The van der Waals surface area contributed by atoms with Crippen LogP contribution in [0.25, 0.3) is 0 Å². The van der Waals surface area contributed by atoms with E-state index in [1.807, 2.05) is 6.07 Å². The highest BCUT2D eigenvalue weighted by atomic mass is 127. The maximum Gasteiger partial charge on any atom is 0.422 e. The summed E-state index contributed by atoms with van der Waals surface area (Å²) in [5, 5.41) is 6.20. The van der Waals surface area contributed by atoms with Crippen LogP contribution in [0.15, 0.2) is 53.5 Å². The molecule has 2 aromatic carbocycles. The summed E-state index contributed by atoms with van der Waals surface area (Å²) in [5.74, 6) is 0.187. The van der Waals surface area contributed by atoms with Crippen molar-refractivity contribution in [2.45, 2.75) is 19.3 Å². The average molecular weight is 522 g/mol. The van der Waals surface area contributed by atoms with E-state index in [4.69, 9.17) is 5.73 Å². The molecule has 0 radical (unpaired) electrons. The maximum absolute atomic E-state index is 12.1. The molecule has 0 bridgehead atoms. The van der Waals surface area contributed by atoms with Crippen molar-refractivity contribution in [2.24, 2.45) is 10.7 Å². The molecule has 0 saturated carbocycles. The highest BCUT2D eigenvalue weighted by Gasteiger charge is 2.28. The highest BCUT2D eigenvalue weighted by molar-refractivity contribution is 14.0. The van der Waals surface area contributed by atoms with Crippen LogP contribution in [0.5, 0.6) is 5.75 Å². The molecule has 4 N–H and O–H groups in total. The topological polar surface area (TPSA) is 88.7 Å². The minimum absolute atomic E-state index is 0. The number of carbonyl (C=O) groups excluding carboxylic acids is 1. The molecular formula is C19H22F3IN4O2. The van der Waals surface area contributed by atoms with Crippen molar-refractivity contribution >= 4 is 35.8 Å². The number of aliphatic imine (C=N–C) groups is 1. The Morgan fingerprint density at radius 2 is 1.69 bits per heavy atom. The largest absolute Gasteiger partial charge is 0.484 e. The van der Waals surface area contributed by atoms with Crippen molar-refractivity contribution in [3.8, 4) is 5.75 Å². The molecule has 2 aromatic rings. The third kappa shape index (κ3) is 9.03. The first-order chi connectivity index (χ1) is 13.3. The Morgan fingerprint density at radius 1 is 1.07 bits per heavy atom. The van der Waals surface area contributed by atoms with Gasteiger partial charge in [0.15, 0.2) is 12.6 Å². The van der Waals surface area contributed by atoms with Crippen LogP contribution in [0, 0.1) is 0 Å². The fraction of sp³-hybridized carbons (Fsp3) is 0.263. The number of nitrogens with zero attached hydrogens (tertiary/aromatic N) is 1. The number of amides is 1. The molecule has 0 saturated heterocycles. The maximum atomic E-state index is 12.1. The number of benzene rings is 2. The molecule has 158 valence electrons. The molecule has 0 atom stereocenters. The van der Waals surface area contributed by atoms with Gasteiger partial charge in [-0.25, -0.2) is 0 Å². The lowest BCUT2D eigenvalue weighted by Crippen LogP contribution is -2.36. The lowest BCUT2D eigenvalue weighted by atomic mass is 10.1. The number of alkyl halides is 3. The Morgan fingerprint density at radius 3 is 2.24 bits per heavy atom. The molecule has 0 aliphatic carbocycles. The lowest BCUT2D eigenvalue weighted by molar-refractivity contribution is -0.153. The van der Waals surface area contributed by atoms with Crippen LogP contribution in [0.1, 0.15) is 21.5 Å². The fourth-order valence-corrected chi connectivity index (χ4v) is 2.30. The molecule has 10 heteroatoms. The second-order valence-corrected chi connectivity index (χ2v) is 5.89. The van der Waals surface area contributed by atoms with Crippen LogP contribution in [0.2, 0.25) is 0 Å². The van der Waals surface area contributed by atoms with Gasteiger partial charge >= 0.3 is 6.18 Å². The zero-order chi connectivity index (χ0) is 20.6. The first-order valence-electron chi connectivity index (χ1n) is 8.38. The van der Waals surface area contributed by atoms with E-state index in [-0.39, 0.29) is 29.7 Å². The molecule has 0 fully saturated rings. The standard InChI is InChI=1S/C19H21F3N4O2.HI/c1-24-18(26-11-14-3-2-4-15(9-14)17(23)27)25-10-13-5-7-16(8-6-13)28-12-19(20,21)22;/h2-9H,10-12H2,1H3,(H2,23,27)(H2,24,25,26);1H. The van der Waals surface area contributed by atoms with Crippen molar-refractivity contribution in [1.82, 2.24) is 10.6 Å². The quantitative estimate of drug-likeness (QED) is 0.296. The third-order valence-corrected chi connectivity index (χ3v) is 3.68. The van der Waals surface area contributed by atoms with Gasteiger partial charge in [-0.1, -0.05) is 24.3 Å². The number of carbonyl (C=O) groups is 1. The average Bonchev–Trinajstić information content (AvgIpc) is 2.67. The van der Waals surface area contributed by atoms with E-state index in [9.17, 15) is 18.0 Å². The summed E-state index contributed by atoms with van der Waals surface area (Å²) >= 11 is 0. The van der Waals surface area contributed by atoms with Crippen molar-refractivity contribution in [3.63, 3.8) is 0 Å². The van der Waals surface area contributed by atoms with Crippen LogP contribution in [0.4, 0.5) is 13.2 Å². The predicted octanol–water partition coefficient (Wildman–Crippen LogP) is 3.21. The van der Waals surface area contributed by atoms with Gasteiger partial charge in [-0.3, -0.25) is 9.79 Å². The van der Waals surface area contributed by atoms with E-state index in [0.717, 1.165) is 11.1 Å². The minimum Gasteiger partial charge on any atom is -0.484 e. The number of ether oxygens (including phenoxy) is 1. The monoisotopic (exact) mass is 522 g/mol. The number of rotatable bonds is 7. The van der Waals surface area contributed by atoms with E-state index < -0.39 is 18.7 Å². The normalized spacial score (nSPS) is 11.4. The van der Waals surface area contributed by atoms with Crippen molar-refractivity contribution in [3.05, 3.63) is 65.2 Å². The Balaban J connectivity index is 0.00000420. The minimum atomic E-state index is -4.37. The Hall–Kier alpha value is -2.50. The van der Waals surface area contributed by atoms with E-state index in [1.165, 1.54) is 12.1 Å². The van der Waals surface area contributed by atoms with E-state index >= 15 is 0 Å². The van der Waals surface area contributed by atoms with Crippen LogP contribution >= 0.6 is 24.0 Å². The molecule has 2 rings (SSSR count). The summed E-state index contributed by atoms with van der Waals surface area (Å²) < 4.78 is 41.1. The third-order valence-electron chi connectivity index (χ3n) is 3.68. The van der Waals surface area contributed by atoms with Crippen molar-refractivity contribution in [2.75, 3.05) is 13.7 Å². The summed E-state index contributed by atoms with van der Waals surface area (Å²) in [6.07, 6.45) is -4.37. The van der Waals surface area contributed by atoms with Gasteiger partial charge < -0.3 is 21.1 Å². The second kappa shape index (κ2) is 11.5. The van der Waals surface area contributed by atoms with Gasteiger partial charge in [-0.15, -0.1) is 24.0 Å². The zero-order valence-electron chi connectivity index (χ0n) is 15.6. The molecule has 0 spiro atoms. The Labute approximate surface area is 183 Å². The van der Waals surface area contributed by atoms with Gasteiger partial charge in [-0.05, 0) is 35.4 Å². The van der Waals surface area contributed by atoms with Gasteiger partial charge in [0, 0.05) is 25.7 Å². The molecular weight excluding hydrogens is 500 g/mol. The van der Waals surface area contributed by atoms with Crippen molar-refractivity contribution < 1.29 is 22.7 Å². The first-order valence-corrected chi connectivity index (χ1v) is 8.38. The molecule has 29 heavy (non-hydrogen) atoms. The summed E-state index contributed by atoms with van der Waals surface area (Å²) in [6.45, 7) is -0.469. The second-order valence-electron chi connectivity index (χ2n) is 5.89. The first kappa shape index (κ1) is 24.5. The number of nitrogens with two attached hydrogens (primary N) is 1. The summed E-state index contributed by atoms with van der Waals surface area (Å²) in [5.41, 5.74) is 7.41. The van der Waals surface area contributed by atoms with Crippen LogP contribution in [-0.2, 0) is 13.1 Å². The van der Waals surface area contributed by atoms with Crippen LogP contribution < -0.4 is 21.1 Å². The van der Waals surface area contributed by atoms with Gasteiger partial charge in [0.1, 0.15) is 5.75 Å². The van der Waals surface area contributed by atoms with Gasteiger partial charge in [0.05, 0.1) is 0 Å². The van der Waals surface area contributed by atoms with Gasteiger partial charge in [-0.2, -0.15) is 13.2 Å². The molecule has 0 unspecified atom stereocenters. The number of hydrogen-bond donors (Lipinski definition) is 3. The molecule has 6 nitrogen and oxygen atoms in total. The summed E-state index contributed by atoms with van der Waals surface area (Å²) in [6, 6.07) is 13.2. The van der Waals surface area contributed by atoms with Gasteiger partial charge in [0.2, 0.25) is 5.91 Å². The summed E-state index contributed by atoms with van der Waals surface area (Å²) in [7, 11) is 1.61. The van der Waals surface area contributed by atoms with Crippen LogP contribution in [0.3, 0.4) is 0 Å². The Kier molecular flexibility index (Phi) is 9.72. The molecule has 0 aliphatic heterocycles. The summed E-state index contributed by atoms with van der Waals surface area (Å²) in [4.78, 5) is 15.3. The van der Waals surface area contributed by atoms with Crippen LogP contribution in [-0.4, -0.2) is 31.7 Å². The fourth-order valence-electron chi connectivity index (χ4n) is 2.30. The molecule has 0 aliphatic rings. The molecule has 0 aromatic heterocycles. The number of nitrogens with one attached hydrogen (secondary N) is 2. The number of halogens is 4. The highest BCUT2D eigenvalue weighted by Crippen LogP contribution is 2.18. The predicted molar refractivity (Wildman–Crippen MR) is 115 cm³/mol. The van der Waals surface area contributed by atoms with E-state index in [2.05, 4.69) is 20.4 Å². The van der Waals surface area contributed by atoms with E-state index in [0.29, 0.717) is 24.6 Å². The SMILES string of the molecule is CN=C(NCc1ccc(OCC(F)(F)F)cc1)NCc1cccc(C(N)=O)c1.I. The van der Waals surface area contributed by atoms with Crippen molar-refractivity contribution in [1.29, 1.82) is 0 Å². The number of guanidine groups is 1. The Bertz CT molecular complexity index is 827. The number of primary amides is 1. The molecule has 0 heterocycles. The lowest BCUT2D eigenvalue weighted by Gasteiger charge is -2.13. The van der Waals surface area contributed by atoms with Gasteiger partial charge in [0.25, 0.3) is 0 Å². The molecule has 1 amide bonds. The van der Waals surface area contributed by atoms with E-state index in [1.54, 1.807) is 37.4 Å². The number of hydrogen-bond acceptors (Lipinski definition) is 3. The zero-order valence-corrected chi connectivity index (χ0v) is 18.0.